The molecule has 2 aromatic rings. The summed E-state index contributed by atoms with van der Waals surface area (Å²) in [7, 11) is 0. The van der Waals surface area contributed by atoms with E-state index in [9.17, 15) is 4.79 Å². The zero-order valence-electron chi connectivity index (χ0n) is 9.96. The van der Waals surface area contributed by atoms with Gasteiger partial charge in [-0.3, -0.25) is 4.79 Å². The third-order valence-electron chi connectivity index (χ3n) is 2.62. The molecule has 0 spiro atoms. The van der Waals surface area contributed by atoms with Crippen LogP contribution in [-0.4, -0.2) is 22.7 Å². The summed E-state index contributed by atoms with van der Waals surface area (Å²) in [6.07, 6.45) is 2.83. The van der Waals surface area contributed by atoms with E-state index >= 15 is 0 Å². The first-order valence-corrected chi connectivity index (χ1v) is 6.84. The van der Waals surface area contributed by atoms with Crippen molar-refractivity contribution in [3.8, 4) is 10.6 Å². The average Bonchev–Trinajstić information content (AvgIpc) is 3.03. The third-order valence-corrected chi connectivity index (χ3v) is 3.51. The van der Waals surface area contributed by atoms with Crippen LogP contribution in [0.1, 0.15) is 36.2 Å². The highest BCUT2D eigenvalue weighted by Gasteiger charge is 2.13. The Morgan fingerprint density at radius 1 is 1.39 bits per heavy atom. The molecule has 18 heavy (non-hydrogen) atoms. The summed E-state index contributed by atoms with van der Waals surface area (Å²) in [5.74, 6) is 0.642. The van der Waals surface area contributed by atoms with E-state index in [-0.39, 0.29) is 12.4 Å². The molecule has 0 aromatic carbocycles. The van der Waals surface area contributed by atoms with Gasteiger partial charge < -0.3 is 9.63 Å². The van der Waals surface area contributed by atoms with Gasteiger partial charge in [0.2, 0.25) is 0 Å². The number of ketones is 1. The van der Waals surface area contributed by atoms with Crippen LogP contribution in [0, 0.1) is 0 Å². The normalized spacial score (nSPS) is 10.7. The Balaban J connectivity index is 1.91. The molecular weight excluding hydrogens is 250 g/mol. The molecule has 4 nitrogen and oxygen atoms in total. The Morgan fingerprint density at radius 3 is 3.00 bits per heavy atom. The van der Waals surface area contributed by atoms with Crippen molar-refractivity contribution in [1.82, 2.24) is 5.16 Å². The van der Waals surface area contributed by atoms with Crippen LogP contribution < -0.4 is 0 Å². The lowest BCUT2D eigenvalue weighted by Crippen LogP contribution is -1.99. The number of aromatic nitrogens is 1. The summed E-state index contributed by atoms with van der Waals surface area (Å²) in [4.78, 5) is 12.8. The fraction of sp³-hybridized carbons (Fsp3) is 0.385. The van der Waals surface area contributed by atoms with Crippen LogP contribution in [-0.2, 0) is 0 Å². The summed E-state index contributed by atoms with van der Waals surface area (Å²) in [6.45, 7) is 0.181. The Bertz CT molecular complexity index is 490. The maximum absolute atomic E-state index is 11.8. The molecule has 0 saturated carbocycles. The number of carbonyl (C=O) groups is 1. The highest BCUT2D eigenvalue weighted by Crippen LogP contribution is 2.25. The quantitative estimate of drug-likeness (QED) is 0.617. The number of aliphatic hydroxyl groups excluding tert-OH is 1. The zero-order chi connectivity index (χ0) is 12.8. The van der Waals surface area contributed by atoms with E-state index < -0.39 is 0 Å². The molecule has 0 amide bonds. The van der Waals surface area contributed by atoms with E-state index in [0.29, 0.717) is 17.9 Å². The predicted octanol–water partition coefficient (Wildman–Crippen LogP) is 3.14. The largest absolute Gasteiger partial charge is 0.396 e. The van der Waals surface area contributed by atoms with Crippen LogP contribution in [0.3, 0.4) is 0 Å². The zero-order valence-corrected chi connectivity index (χ0v) is 10.8. The van der Waals surface area contributed by atoms with E-state index in [1.807, 2.05) is 17.5 Å². The van der Waals surface area contributed by atoms with Crippen molar-refractivity contribution in [3.63, 3.8) is 0 Å². The first-order chi connectivity index (χ1) is 8.81. The van der Waals surface area contributed by atoms with Gasteiger partial charge in [0, 0.05) is 19.1 Å². The maximum atomic E-state index is 11.8. The Labute approximate surface area is 109 Å². The fourth-order valence-corrected chi connectivity index (χ4v) is 2.32. The van der Waals surface area contributed by atoms with Gasteiger partial charge in [-0.25, -0.2) is 0 Å². The smallest absolute Gasteiger partial charge is 0.184 e. The van der Waals surface area contributed by atoms with Crippen molar-refractivity contribution < 1.29 is 14.4 Å². The SMILES string of the molecule is O=C(CCCCCO)c1cc(-c2cccs2)on1. The summed E-state index contributed by atoms with van der Waals surface area (Å²) in [5, 5.41) is 14.4. The van der Waals surface area contributed by atoms with Gasteiger partial charge in [-0.05, 0) is 24.3 Å². The van der Waals surface area contributed by atoms with Gasteiger partial charge in [-0.1, -0.05) is 17.6 Å². The van der Waals surface area contributed by atoms with Gasteiger partial charge in [0.1, 0.15) is 5.69 Å². The van der Waals surface area contributed by atoms with Crippen molar-refractivity contribution in [3.05, 3.63) is 29.3 Å². The summed E-state index contributed by atoms with van der Waals surface area (Å²) in [6, 6.07) is 5.56. The Morgan fingerprint density at radius 2 is 2.28 bits per heavy atom. The van der Waals surface area contributed by atoms with Crippen molar-refractivity contribution >= 4 is 17.1 Å². The van der Waals surface area contributed by atoms with Gasteiger partial charge in [0.25, 0.3) is 0 Å². The molecule has 2 rings (SSSR count). The molecule has 2 heterocycles. The molecule has 0 radical (unpaired) electrons. The van der Waals surface area contributed by atoms with E-state index in [1.165, 1.54) is 0 Å². The summed E-state index contributed by atoms with van der Waals surface area (Å²) >= 11 is 1.55. The monoisotopic (exact) mass is 265 g/mol. The third kappa shape index (κ3) is 3.27. The van der Waals surface area contributed by atoms with Crippen LogP contribution in [0.5, 0.6) is 0 Å². The topological polar surface area (TPSA) is 63.3 Å². The van der Waals surface area contributed by atoms with Crippen molar-refractivity contribution in [2.75, 3.05) is 6.61 Å². The molecule has 1 N–H and O–H groups in total. The molecule has 0 saturated heterocycles. The number of hydrogen-bond donors (Lipinski definition) is 1. The van der Waals surface area contributed by atoms with Crippen LogP contribution in [0.2, 0.25) is 0 Å². The van der Waals surface area contributed by atoms with E-state index in [2.05, 4.69) is 5.16 Å². The summed E-state index contributed by atoms with van der Waals surface area (Å²) < 4.78 is 5.16. The molecule has 5 heteroatoms. The van der Waals surface area contributed by atoms with E-state index in [0.717, 1.165) is 24.1 Å². The van der Waals surface area contributed by atoms with Crippen LogP contribution in [0.25, 0.3) is 10.6 Å². The van der Waals surface area contributed by atoms with E-state index in [1.54, 1.807) is 17.4 Å². The summed E-state index contributed by atoms with van der Waals surface area (Å²) in [5.41, 5.74) is 0.391. The predicted molar refractivity (Wildman–Crippen MR) is 69.7 cm³/mol. The molecular formula is C13H15NO3S. The Hall–Kier alpha value is -1.46. The standard InChI is InChI=1S/C13H15NO3S/c15-7-3-1-2-5-11(16)10-9-12(17-14-10)13-6-4-8-18-13/h4,6,8-9,15H,1-3,5,7H2. The van der Waals surface area contributed by atoms with Crippen molar-refractivity contribution in [2.24, 2.45) is 0 Å². The number of thiophene rings is 1. The minimum absolute atomic E-state index is 0.000467. The van der Waals surface area contributed by atoms with Gasteiger partial charge in [0.15, 0.2) is 11.5 Å². The number of aliphatic hydroxyl groups is 1. The molecule has 0 atom stereocenters. The van der Waals surface area contributed by atoms with Gasteiger partial charge in [0.05, 0.1) is 4.88 Å². The van der Waals surface area contributed by atoms with Gasteiger partial charge in [-0.15, -0.1) is 11.3 Å². The number of nitrogens with zero attached hydrogens (tertiary/aromatic N) is 1. The first kappa shape index (κ1) is 13.0. The average molecular weight is 265 g/mol. The number of carbonyl (C=O) groups excluding carboxylic acids is 1. The lowest BCUT2D eigenvalue weighted by molar-refractivity contribution is 0.0969. The minimum atomic E-state index is -0.000467. The molecule has 2 aromatic heterocycles. The number of unbranched alkanes of at least 4 members (excludes halogenated alkanes) is 2. The number of hydrogen-bond acceptors (Lipinski definition) is 5. The second-order valence-electron chi connectivity index (χ2n) is 4.01. The number of rotatable bonds is 7. The second kappa shape index (κ2) is 6.47. The first-order valence-electron chi connectivity index (χ1n) is 5.96. The van der Waals surface area contributed by atoms with Crippen LogP contribution >= 0.6 is 11.3 Å². The minimum Gasteiger partial charge on any atom is -0.396 e. The highest BCUT2D eigenvalue weighted by molar-refractivity contribution is 7.13. The molecule has 0 aliphatic heterocycles. The lowest BCUT2D eigenvalue weighted by atomic mass is 10.1. The lowest BCUT2D eigenvalue weighted by Gasteiger charge is -1.96. The molecule has 0 aliphatic carbocycles. The second-order valence-corrected chi connectivity index (χ2v) is 4.96. The highest BCUT2D eigenvalue weighted by atomic mass is 32.1. The maximum Gasteiger partial charge on any atom is 0.184 e. The van der Waals surface area contributed by atoms with E-state index in [4.69, 9.17) is 9.63 Å². The fourth-order valence-electron chi connectivity index (χ4n) is 1.64. The molecule has 96 valence electrons. The van der Waals surface area contributed by atoms with Gasteiger partial charge in [-0.2, -0.15) is 0 Å². The van der Waals surface area contributed by atoms with Gasteiger partial charge >= 0.3 is 0 Å². The molecule has 0 bridgehead atoms. The Kier molecular flexibility index (Phi) is 4.66. The molecule has 0 aliphatic rings. The van der Waals surface area contributed by atoms with Crippen LogP contribution in [0.4, 0.5) is 0 Å². The van der Waals surface area contributed by atoms with Crippen molar-refractivity contribution in [2.45, 2.75) is 25.7 Å². The number of Topliss-reactive ketones (excluding diaryl/α,β-unsaturated/α-hetero) is 1. The molecule has 0 unspecified atom stereocenters. The van der Waals surface area contributed by atoms with Crippen molar-refractivity contribution in [1.29, 1.82) is 0 Å². The molecule has 0 fully saturated rings. The van der Waals surface area contributed by atoms with Crippen LogP contribution in [0.15, 0.2) is 28.1 Å².